The molecular formula is C20H22N4O2S. The van der Waals surface area contributed by atoms with E-state index in [9.17, 15) is 4.79 Å². The SMILES string of the molecule is Cc1ccc(-c2nnc(SCC(=O)N(C)CCO)n2-c2ccccc2)cc1. The molecule has 0 spiro atoms. The molecule has 27 heavy (non-hydrogen) atoms. The van der Waals surface area contributed by atoms with E-state index in [1.54, 1.807) is 7.05 Å². The van der Waals surface area contributed by atoms with Gasteiger partial charge >= 0.3 is 0 Å². The van der Waals surface area contributed by atoms with Gasteiger partial charge in [-0.3, -0.25) is 9.36 Å². The van der Waals surface area contributed by atoms with Gasteiger partial charge in [-0.25, -0.2) is 0 Å². The lowest BCUT2D eigenvalue weighted by Crippen LogP contribution is -2.30. The molecular weight excluding hydrogens is 360 g/mol. The first kappa shape index (κ1) is 19.1. The van der Waals surface area contributed by atoms with Crippen molar-refractivity contribution in [3.8, 4) is 17.1 Å². The van der Waals surface area contributed by atoms with E-state index in [0.717, 1.165) is 17.1 Å². The fourth-order valence-electron chi connectivity index (χ4n) is 2.57. The molecule has 3 rings (SSSR count). The van der Waals surface area contributed by atoms with Gasteiger partial charge in [0.15, 0.2) is 11.0 Å². The van der Waals surface area contributed by atoms with E-state index in [1.165, 1.54) is 22.2 Å². The van der Waals surface area contributed by atoms with Crippen LogP contribution >= 0.6 is 11.8 Å². The molecule has 0 unspecified atom stereocenters. The first-order valence-electron chi connectivity index (χ1n) is 8.65. The number of carbonyl (C=O) groups excluding carboxylic acids is 1. The Labute approximate surface area is 162 Å². The normalized spacial score (nSPS) is 10.8. The first-order valence-corrected chi connectivity index (χ1v) is 9.64. The zero-order valence-corrected chi connectivity index (χ0v) is 16.2. The van der Waals surface area contributed by atoms with Gasteiger partial charge in [0.2, 0.25) is 5.91 Å². The number of carbonyl (C=O) groups is 1. The summed E-state index contributed by atoms with van der Waals surface area (Å²) in [5.41, 5.74) is 3.08. The van der Waals surface area contributed by atoms with E-state index in [-0.39, 0.29) is 18.3 Å². The Morgan fingerprint density at radius 3 is 2.48 bits per heavy atom. The third kappa shape index (κ3) is 4.56. The van der Waals surface area contributed by atoms with Crippen molar-refractivity contribution in [1.29, 1.82) is 0 Å². The molecule has 7 heteroatoms. The van der Waals surface area contributed by atoms with Crippen LogP contribution in [0.25, 0.3) is 17.1 Å². The topological polar surface area (TPSA) is 71.2 Å². The Morgan fingerprint density at radius 2 is 1.81 bits per heavy atom. The van der Waals surface area contributed by atoms with Crippen molar-refractivity contribution in [2.75, 3.05) is 26.0 Å². The van der Waals surface area contributed by atoms with Crippen molar-refractivity contribution in [1.82, 2.24) is 19.7 Å². The molecule has 3 aromatic rings. The summed E-state index contributed by atoms with van der Waals surface area (Å²) >= 11 is 1.34. The summed E-state index contributed by atoms with van der Waals surface area (Å²) < 4.78 is 1.97. The van der Waals surface area contributed by atoms with Crippen LogP contribution in [-0.2, 0) is 4.79 Å². The predicted octanol–water partition coefficient (Wildman–Crippen LogP) is 2.79. The van der Waals surface area contributed by atoms with E-state index in [4.69, 9.17) is 5.11 Å². The number of aromatic nitrogens is 3. The van der Waals surface area contributed by atoms with Gasteiger partial charge in [-0.1, -0.05) is 59.8 Å². The maximum atomic E-state index is 12.2. The number of aryl methyl sites for hydroxylation is 1. The lowest BCUT2D eigenvalue weighted by atomic mass is 10.1. The summed E-state index contributed by atoms with van der Waals surface area (Å²) in [7, 11) is 1.68. The van der Waals surface area contributed by atoms with Crippen LogP contribution in [0, 0.1) is 6.92 Å². The van der Waals surface area contributed by atoms with Crippen molar-refractivity contribution in [3.05, 3.63) is 60.2 Å². The van der Waals surface area contributed by atoms with Gasteiger partial charge in [0, 0.05) is 24.8 Å². The monoisotopic (exact) mass is 382 g/mol. The number of likely N-dealkylation sites (N-methyl/N-ethyl adjacent to an activating group) is 1. The number of amides is 1. The van der Waals surface area contributed by atoms with Crippen molar-refractivity contribution in [2.45, 2.75) is 12.1 Å². The molecule has 0 radical (unpaired) electrons. The minimum Gasteiger partial charge on any atom is -0.395 e. The van der Waals surface area contributed by atoms with Crippen molar-refractivity contribution in [3.63, 3.8) is 0 Å². The highest BCUT2D eigenvalue weighted by Crippen LogP contribution is 2.28. The Balaban J connectivity index is 1.92. The fourth-order valence-corrected chi connectivity index (χ4v) is 3.47. The number of aliphatic hydroxyl groups is 1. The number of para-hydroxylation sites is 1. The van der Waals surface area contributed by atoms with Crippen LogP contribution in [0.5, 0.6) is 0 Å². The van der Waals surface area contributed by atoms with Crippen LogP contribution in [0.3, 0.4) is 0 Å². The Kier molecular flexibility index (Phi) is 6.26. The molecule has 0 saturated heterocycles. The average Bonchev–Trinajstić information content (AvgIpc) is 3.11. The van der Waals surface area contributed by atoms with Gasteiger partial charge in [-0.05, 0) is 19.1 Å². The number of hydrogen-bond acceptors (Lipinski definition) is 5. The second-order valence-corrected chi connectivity index (χ2v) is 7.11. The van der Waals surface area contributed by atoms with Crippen LogP contribution in [0.4, 0.5) is 0 Å². The standard InChI is InChI=1S/C20H22N4O2S/c1-15-8-10-16(11-9-15)19-21-22-20(24(19)17-6-4-3-5-7-17)27-14-18(26)23(2)12-13-25/h3-11,25H,12-14H2,1-2H3. The molecule has 2 aromatic carbocycles. The number of aliphatic hydroxyl groups excluding tert-OH is 1. The number of thioether (sulfide) groups is 1. The zero-order chi connectivity index (χ0) is 19.2. The summed E-state index contributed by atoms with van der Waals surface area (Å²) in [6.07, 6.45) is 0. The van der Waals surface area contributed by atoms with E-state index in [2.05, 4.69) is 10.2 Å². The Hall–Kier alpha value is -2.64. The highest BCUT2D eigenvalue weighted by molar-refractivity contribution is 7.99. The van der Waals surface area contributed by atoms with Crippen LogP contribution in [0.2, 0.25) is 0 Å². The summed E-state index contributed by atoms with van der Waals surface area (Å²) in [5.74, 6) is 0.906. The number of rotatable bonds is 7. The molecule has 6 nitrogen and oxygen atoms in total. The minimum atomic E-state index is -0.0615. The molecule has 1 amide bonds. The van der Waals surface area contributed by atoms with Crippen LogP contribution < -0.4 is 0 Å². The lowest BCUT2D eigenvalue weighted by Gasteiger charge is -2.15. The van der Waals surface area contributed by atoms with E-state index in [1.807, 2.05) is 66.1 Å². The Bertz CT molecular complexity index is 894. The molecule has 0 saturated carbocycles. The van der Waals surface area contributed by atoms with Gasteiger partial charge in [-0.15, -0.1) is 10.2 Å². The highest BCUT2D eigenvalue weighted by atomic mass is 32.2. The third-order valence-corrected chi connectivity index (χ3v) is 5.06. The second kappa shape index (κ2) is 8.83. The van der Waals surface area contributed by atoms with Crippen LogP contribution in [0.1, 0.15) is 5.56 Å². The van der Waals surface area contributed by atoms with Gasteiger partial charge in [-0.2, -0.15) is 0 Å². The van der Waals surface area contributed by atoms with Crippen molar-refractivity contribution in [2.24, 2.45) is 0 Å². The molecule has 140 valence electrons. The zero-order valence-electron chi connectivity index (χ0n) is 15.4. The van der Waals surface area contributed by atoms with Crippen LogP contribution in [-0.4, -0.2) is 56.6 Å². The summed E-state index contributed by atoms with van der Waals surface area (Å²) in [6.45, 7) is 2.31. The fraction of sp³-hybridized carbons (Fsp3) is 0.250. The number of hydrogen-bond donors (Lipinski definition) is 1. The maximum Gasteiger partial charge on any atom is 0.232 e. The van der Waals surface area contributed by atoms with Crippen molar-refractivity contribution >= 4 is 17.7 Å². The smallest absolute Gasteiger partial charge is 0.232 e. The van der Waals surface area contributed by atoms with E-state index in [0.29, 0.717) is 11.7 Å². The number of benzene rings is 2. The molecule has 0 fully saturated rings. The summed E-state index contributed by atoms with van der Waals surface area (Å²) in [4.78, 5) is 13.7. The first-order chi connectivity index (χ1) is 13.1. The maximum absolute atomic E-state index is 12.2. The van der Waals surface area contributed by atoms with E-state index >= 15 is 0 Å². The van der Waals surface area contributed by atoms with Gasteiger partial charge in [0.25, 0.3) is 0 Å². The molecule has 1 N–H and O–H groups in total. The largest absolute Gasteiger partial charge is 0.395 e. The van der Waals surface area contributed by atoms with E-state index < -0.39 is 0 Å². The predicted molar refractivity (Wildman–Crippen MR) is 107 cm³/mol. The summed E-state index contributed by atoms with van der Waals surface area (Å²) in [5, 5.41) is 18.3. The molecule has 1 aromatic heterocycles. The van der Waals surface area contributed by atoms with Crippen molar-refractivity contribution < 1.29 is 9.90 Å². The van der Waals surface area contributed by atoms with Crippen LogP contribution in [0.15, 0.2) is 59.8 Å². The highest BCUT2D eigenvalue weighted by Gasteiger charge is 2.18. The van der Waals surface area contributed by atoms with Gasteiger partial charge in [0.1, 0.15) is 0 Å². The minimum absolute atomic E-state index is 0.0509. The molecule has 1 heterocycles. The molecule has 0 aliphatic heterocycles. The number of nitrogens with zero attached hydrogens (tertiary/aromatic N) is 4. The quantitative estimate of drug-likeness (QED) is 0.636. The van der Waals surface area contributed by atoms with Gasteiger partial charge < -0.3 is 10.0 Å². The Morgan fingerprint density at radius 1 is 1.11 bits per heavy atom. The second-order valence-electron chi connectivity index (χ2n) is 6.17. The molecule has 0 bridgehead atoms. The third-order valence-electron chi connectivity index (χ3n) is 4.14. The average molecular weight is 382 g/mol. The lowest BCUT2D eigenvalue weighted by molar-refractivity contribution is -0.127. The van der Waals surface area contributed by atoms with Gasteiger partial charge in [0.05, 0.1) is 12.4 Å². The molecule has 0 atom stereocenters. The molecule has 0 aliphatic rings. The molecule has 0 aliphatic carbocycles. The summed E-state index contributed by atoms with van der Waals surface area (Å²) in [6, 6.07) is 18.0.